The van der Waals surface area contributed by atoms with Crippen LogP contribution < -0.4 is 5.73 Å². The van der Waals surface area contributed by atoms with Crippen LogP contribution in [0.15, 0.2) is 47.0 Å². The SMILES string of the molecule is Cc1cc(N)ccc1-c1nc(Cc2ccc(O)cc2)no1. The van der Waals surface area contributed by atoms with Gasteiger partial charge in [-0.15, -0.1) is 0 Å². The lowest BCUT2D eigenvalue weighted by molar-refractivity contribution is 0.423. The number of nitrogen functional groups attached to an aromatic ring is 1. The number of hydrogen-bond donors (Lipinski definition) is 2. The first kappa shape index (κ1) is 13.2. The van der Waals surface area contributed by atoms with E-state index in [9.17, 15) is 5.11 Å². The van der Waals surface area contributed by atoms with Crippen LogP contribution in [0.5, 0.6) is 5.75 Å². The molecule has 21 heavy (non-hydrogen) atoms. The lowest BCUT2D eigenvalue weighted by atomic mass is 10.1. The molecule has 0 aliphatic rings. The van der Waals surface area contributed by atoms with E-state index in [-0.39, 0.29) is 5.75 Å². The molecule has 0 amide bonds. The summed E-state index contributed by atoms with van der Waals surface area (Å²) in [5, 5.41) is 13.3. The second-order valence-electron chi connectivity index (χ2n) is 4.93. The molecule has 3 aromatic rings. The number of phenols is 1. The Morgan fingerprint density at radius 3 is 2.62 bits per heavy atom. The first-order valence-electron chi connectivity index (χ1n) is 6.59. The molecular formula is C16H15N3O2. The summed E-state index contributed by atoms with van der Waals surface area (Å²) in [6.45, 7) is 1.95. The first-order valence-corrected chi connectivity index (χ1v) is 6.59. The van der Waals surface area contributed by atoms with E-state index < -0.39 is 0 Å². The van der Waals surface area contributed by atoms with Crippen LogP contribution in [0.4, 0.5) is 5.69 Å². The molecule has 3 rings (SSSR count). The standard InChI is InChI=1S/C16H15N3O2/c1-10-8-12(17)4-7-14(10)16-18-15(19-21-16)9-11-2-5-13(20)6-3-11/h2-8,20H,9,17H2,1H3. The third-order valence-electron chi connectivity index (χ3n) is 3.25. The van der Waals surface area contributed by atoms with E-state index in [0.29, 0.717) is 23.8 Å². The molecule has 1 aromatic heterocycles. The highest BCUT2D eigenvalue weighted by Crippen LogP contribution is 2.24. The monoisotopic (exact) mass is 281 g/mol. The summed E-state index contributed by atoms with van der Waals surface area (Å²) in [6.07, 6.45) is 0.553. The maximum atomic E-state index is 9.27. The van der Waals surface area contributed by atoms with Crippen LogP contribution in [0.1, 0.15) is 17.0 Å². The Kier molecular flexibility index (Phi) is 3.31. The quantitative estimate of drug-likeness (QED) is 0.721. The maximum absolute atomic E-state index is 9.27. The first-order chi connectivity index (χ1) is 10.1. The average molecular weight is 281 g/mol. The van der Waals surface area contributed by atoms with Gasteiger partial charge in [0.2, 0.25) is 0 Å². The number of rotatable bonds is 3. The summed E-state index contributed by atoms with van der Waals surface area (Å²) >= 11 is 0. The largest absolute Gasteiger partial charge is 0.508 e. The molecule has 0 saturated heterocycles. The van der Waals surface area contributed by atoms with Crippen molar-refractivity contribution < 1.29 is 9.63 Å². The normalized spacial score (nSPS) is 10.7. The zero-order chi connectivity index (χ0) is 14.8. The van der Waals surface area contributed by atoms with Gasteiger partial charge in [-0.25, -0.2) is 0 Å². The minimum Gasteiger partial charge on any atom is -0.508 e. The van der Waals surface area contributed by atoms with Gasteiger partial charge >= 0.3 is 0 Å². The van der Waals surface area contributed by atoms with Crippen molar-refractivity contribution in [3.8, 4) is 17.2 Å². The lowest BCUT2D eigenvalue weighted by Crippen LogP contribution is -1.91. The predicted molar refractivity (Wildman–Crippen MR) is 79.8 cm³/mol. The van der Waals surface area contributed by atoms with Gasteiger partial charge in [-0.1, -0.05) is 17.3 Å². The topological polar surface area (TPSA) is 85.2 Å². The Balaban J connectivity index is 1.84. The van der Waals surface area contributed by atoms with Crippen molar-refractivity contribution in [2.24, 2.45) is 0 Å². The van der Waals surface area contributed by atoms with E-state index in [0.717, 1.165) is 16.7 Å². The molecule has 0 radical (unpaired) electrons. The number of aromatic hydroxyl groups is 1. The van der Waals surface area contributed by atoms with Crippen LogP contribution in [0, 0.1) is 6.92 Å². The molecular weight excluding hydrogens is 266 g/mol. The molecule has 2 aromatic carbocycles. The number of anilines is 1. The molecule has 0 aliphatic heterocycles. The van der Waals surface area contributed by atoms with Crippen LogP contribution >= 0.6 is 0 Å². The van der Waals surface area contributed by atoms with Crippen LogP contribution in [-0.4, -0.2) is 15.2 Å². The number of nitrogens with zero attached hydrogens (tertiary/aromatic N) is 2. The van der Waals surface area contributed by atoms with E-state index >= 15 is 0 Å². The fourth-order valence-corrected chi connectivity index (χ4v) is 2.16. The van der Waals surface area contributed by atoms with E-state index in [4.69, 9.17) is 10.3 Å². The fraction of sp³-hybridized carbons (Fsp3) is 0.125. The highest BCUT2D eigenvalue weighted by Gasteiger charge is 2.11. The van der Waals surface area contributed by atoms with Gasteiger partial charge in [0.05, 0.1) is 0 Å². The van der Waals surface area contributed by atoms with Crippen LogP contribution in [0.2, 0.25) is 0 Å². The van der Waals surface area contributed by atoms with E-state index in [1.165, 1.54) is 0 Å². The van der Waals surface area contributed by atoms with Gasteiger partial charge in [-0.3, -0.25) is 0 Å². The van der Waals surface area contributed by atoms with Crippen LogP contribution in [0.25, 0.3) is 11.5 Å². The second kappa shape index (κ2) is 5.28. The van der Waals surface area contributed by atoms with Gasteiger partial charge in [-0.2, -0.15) is 4.98 Å². The Bertz CT molecular complexity index is 763. The van der Waals surface area contributed by atoms with Crippen molar-refractivity contribution in [1.82, 2.24) is 10.1 Å². The fourth-order valence-electron chi connectivity index (χ4n) is 2.16. The number of nitrogens with two attached hydrogens (primary N) is 1. The third-order valence-corrected chi connectivity index (χ3v) is 3.25. The maximum Gasteiger partial charge on any atom is 0.258 e. The molecule has 1 heterocycles. The van der Waals surface area contributed by atoms with Crippen molar-refractivity contribution in [3.63, 3.8) is 0 Å². The molecule has 0 bridgehead atoms. The summed E-state index contributed by atoms with van der Waals surface area (Å²) in [5.41, 5.74) is 9.33. The van der Waals surface area contributed by atoms with Gasteiger partial charge in [0.1, 0.15) is 5.75 Å². The minimum absolute atomic E-state index is 0.241. The van der Waals surface area contributed by atoms with E-state index in [1.54, 1.807) is 12.1 Å². The van der Waals surface area contributed by atoms with Crippen molar-refractivity contribution in [2.75, 3.05) is 5.73 Å². The molecule has 0 atom stereocenters. The molecule has 0 spiro atoms. The van der Waals surface area contributed by atoms with Crippen molar-refractivity contribution in [2.45, 2.75) is 13.3 Å². The summed E-state index contributed by atoms with van der Waals surface area (Å²) in [4.78, 5) is 4.41. The number of hydrogen-bond acceptors (Lipinski definition) is 5. The number of phenolic OH excluding ortho intramolecular Hbond substituents is 1. The Morgan fingerprint density at radius 2 is 1.90 bits per heavy atom. The van der Waals surface area contributed by atoms with Crippen molar-refractivity contribution in [3.05, 3.63) is 59.4 Å². The van der Waals surface area contributed by atoms with E-state index in [1.807, 2.05) is 37.3 Å². The van der Waals surface area contributed by atoms with Gasteiger partial charge in [0, 0.05) is 17.7 Å². The third kappa shape index (κ3) is 2.86. The van der Waals surface area contributed by atoms with Crippen LogP contribution in [-0.2, 0) is 6.42 Å². The number of aromatic nitrogens is 2. The van der Waals surface area contributed by atoms with Crippen molar-refractivity contribution >= 4 is 5.69 Å². The summed E-state index contributed by atoms with van der Waals surface area (Å²) in [6, 6.07) is 12.5. The highest BCUT2D eigenvalue weighted by atomic mass is 16.5. The zero-order valence-corrected chi connectivity index (χ0v) is 11.6. The average Bonchev–Trinajstić information content (AvgIpc) is 2.90. The molecule has 0 saturated carbocycles. The number of aryl methyl sites for hydroxylation is 1. The van der Waals surface area contributed by atoms with Crippen LogP contribution in [0.3, 0.4) is 0 Å². The smallest absolute Gasteiger partial charge is 0.258 e. The Morgan fingerprint density at radius 1 is 1.14 bits per heavy atom. The Hall–Kier alpha value is -2.82. The molecule has 0 fully saturated rings. The van der Waals surface area contributed by atoms with Gasteiger partial charge < -0.3 is 15.4 Å². The summed E-state index contributed by atoms with van der Waals surface area (Å²) in [7, 11) is 0. The van der Waals surface area contributed by atoms with Gasteiger partial charge in [-0.05, 0) is 48.4 Å². The summed E-state index contributed by atoms with van der Waals surface area (Å²) < 4.78 is 5.32. The number of benzene rings is 2. The molecule has 106 valence electrons. The molecule has 5 nitrogen and oxygen atoms in total. The second-order valence-corrected chi connectivity index (χ2v) is 4.93. The molecule has 0 aliphatic carbocycles. The summed E-state index contributed by atoms with van der Waals surface area (Å²) in [5.74, 6) is 1.33. The predicted octanol–water partition coefficient (Wildman–Crippen LogP) is 2.92. The molecule has 3 N–H and O–H groups in total. The zero-order valence-electron chi connectivity index (χ0n) is 11.6. The minimum atomic E-state index is 0.241. The molecule has 0 unspecified atom stereocenters. The lowest BCUT2D eigenvalue weighted by Gasteiger charge is -2.01. The Labute approximate surface area is 122 Å². The van der Waals surface area contributed by atoms with Crippen molar-refractivity contribution in [1.29, 1.82) is 0 Å². The van der Waals surface area contributed by atoms with Gasteiger partial charge in [0.15, 0.2) is 5.82 Å². The van der Waals surface area contributed by atoms with Gasteiger partial charge in [0.25, 0.3) is 5.89 Å². The highest BCUT2D eigenvalue weighted by molar-refractivity contribution is 5.62. The van der Waals surface area contributed by atoms with E-state index in [2.05, 4.69) is 10.1 Å². The molecule has 5 heteroatoms.